The van der Waals surface area contributed by atoms with Crippen LogP contribution >= 0.6 is 39.9 Å². The zero-order valence-electron chi connectivity index (χ0n) is 17.0. The number of rotatable bonds is 8. The van der Waals surface area contributed by atoms with Crippen molar-refractivity contribution in [3.05, 3.63) is 34.3 Å². The fraction of sp³-hybridized carbons (Fsp3) is 0.650. The largest absolute Gasteiger partial charge is 0.356 e. The first-order chi connectivity index (χ1) is 12.6. The number of likely N-dealkylation sites (N-methyl/N-ethyl adjacent to an activating group) is 1. The van der Waals surface area contributed by atoms with Gasteiger partial charge in [0.1, 0.15) is 0 Å². The lowest BCUT2D eigenvalue weighted by Gasteiger charge is -2.34. The van der Waals surface area contributed by atoms with E-state index in [9.17, 15) is 0 Å². The van der Waals surface area contributed by atoms with E-state index in [1.807, 2.05) is 13.1 Å². The van der Waals surface area contributed by atoms with Gasteiger partial charge in [-0.1, -0.05) is 41.1 Å². The van der Waals surface area contributed by atoms with E-state index in [4.69, 9.17) is 0 Å². The molecule has 0 spiro atoms. The van der Waals surface area contributed by atoms with Gasteiger partial charge in [0.15, 0.2) is 5.96 Å². The molecule has 0 radical (unpaired) electrons. The van der Waals surface area contributed by atoms with E-state index in [-0.39, 0.29) is 24.0 Å². The predicted molar refractivity (Wildman–Crippen MR) is 130 cm³/mol. The van der Waals surface area contributed by atoms with Crippen LogP contribution in [0.15, 0.2) is 33.7 Å². The van der Waals surface area contributed by atoms with Crippen molar-refractivity contribution in [2.75, 3.05) is 59.9 Å². The number of halogens is 2. The van der Waals surface area contributed by atoms with E-state index in [0.717, 1.165) is 23.5 Å². The van der Waals surface area contributed by atoms with Crippen LogP contribution in [-0.2, 0) is 6.54 Å². The van der Waals surface area contributed by atoms with E-state index < -0.39 is 0 Å². The molecule has 27 heavy (non-hydrogen) atoms. The summed E-state index contributed by atoms with van der Waals surface area (Å²) in [5, 5.41) is 3.50. The average molecular weight is 552 g/mol. The lowest BCUT2D eigenvalue weighted by Crippen LogP contribution is -2.46. The number of nitrogens with zero attached hydrogens (tertiary/aromatic N) is 4. The normalized spacial score (nSPS) is 16.1. The van der Waals surface area contributed by atoms with Gasteiger partial charge in [-0.15, -0.1) is 24.0 Å². The molecule has 1 aromatic carbocycles. The zero-order chi connectivity index (χ0) is 18.8. The lowest BCUT2D eigenvalue weighted by atomic mass is 10.2. The van der Waals surface area contributed by atoms with Crippen molar-refractivity contribution in [1.82, 2.24) is 20.0 Å². The smallest absolute Gasteiger partial charge is 0.193 e. The van der Waals surface area contributed by atoms with Crippen LogP contribution in [0, 0.1) is 0 Å². The molecular formula is C20H35BrIN5. The molecule has 1 aromatic rings. The molecule has 0 saturated carbocycles. The van der Waals surface area contributed by atoms with E-state index in [2.05, 4.69) is 73.1 Å². The van der Waals surface area contributed by atoms with Gasteiger partial charge in [-0.05, 0) is 37.6 Å². The van der Waals surface area contributed by atoms with Gasteiger partial charge in [-0.3, -0.25) is 4.99 Å². The molecule has 2 rings (SSSR count). The van der Waals surface area contributed by atoms with Crippen molar-refractivity contribution in [2.24, 2.45) is 4.99 Å². The average Bonchev–Trinajstić information content (AvgIpc) is 2.67. The molecule has 0 aromatic heterocycles. The third-order valence-corrected chi connectivity index (χ3v) is 5.81. The highest BCUT2D eigenvalue weighted by Gasteiger charge is 2.14. The summed E-state index contributed by atoms with van der Waals surface area (Å²) in [6.45, 7) is 11.3. The van der Waals surface area contributed by atoms with Crippen LogP contribution < -0.4 is 5.32 Å². The van der Waals surface area contributed by atoms with Crippen LogP contribution in [0.1, 0.15) is 25.3 Å². The Morgan fingerprint density at radius 2 is 1.81 bits per heavy atom. The molecule has 0 atom stereocenters. The van der Waals surface area contributed by atoms with E-state index in [1.165, 1.54) is 57.7 Å². The molecule has 1 aliphatic rings. The summed E-state index contributed by atoms with van der Waals surface area (Å²) < 4.78 is 1.14. The predicted octanol–water partition coefficient (Wildman–Crippen LogP) is 3.49. The highest BCUT2D eigenvalue weighted by Crippen LogP contribution is 2.17. The Hall–Kier alpha value is -0.380. The monoisotopic (exact) mass is 551 g/mol. The number of hydrogen-bond donors (Lipinski definition) is 1. The van der Waals surface area contributed by atoms with Crippen molar-refractivity contribution in [3.63, 3.8) is 0 Å². The molecule has 7 heteroatoms. The van der Waals surface area contributed by atoms with Gasteiger partial charge < -0.3 is 20.0 Å². The van der Waals surface area contributed by atoms with E-state index in [1.54, 1.807) is 0 Å². The number of nitrogens with one attached hydrogen (secondary N) is 1. The summed E-state index contributed by atoms with van der Waals surface area (Å²) in [6.07, 6.45) is 2.42. The number of benzene rings is 1. The molecule has 0 unspecified atom stereocenters. The molecule has 1 saturated heterocycles. The van der Waals surface area contributed by atoms with Gasteiger partial charge in [0, 0.05) is 57.8 Å². The Morgan fingerprint density at radius 3 is 2.44 bits per heavy atom. The molecular weight excluding hydrogens is 517 g/mol. The zero-order valence-corrected chi connectivity index (χ0v) is 20.9. The van der Waals surface area contributed by atoms with E-state index in [0.29, 0.717) is 0 Å². The molecule has 1 N–H and O–H groups in total. The van der Waals surface area contributed by atoms with Crippen LogP contribution in [0.4, 0.5) is 0 Å². The fourth-order valence-corrected chi connectivity index (χ4v) is 3.74. The fourth-order valence-electron chi connectivity index (χ4n) is 3.33. The molecule has 5 nitrogen and oxygen atoms in total. The second-order valence-corrected chi connectivity index (χ2v) is 7.76. The minimum absolute atomic E-state index is 0. The van der Waals surface area contributed by atoms with Crippen molar-refractivity contribution >= 4 is 45.9 Å². The number of guanidine groups is 1. The van der Waals surface area contributed by atoms with Gasteiger partial charge in [0.25, 0.3) is 0 Å². The van der Waals surface area contributed by atoms with Crippen LogP contribution in [0.2, 0.25) is 0 Å². The quantitative estimate of drug-likeness (QED) is 0.232. The first-order valence-corrected chi connectivity index (χ1v) is 10.5. The third kappa shape index (κ3) is 8.66. The topological polar surface area (TPSA) is 34.1 Å². The Morgan fingerprint density at radius 1 is 1.15 bits per heavy atom. The van der Waals surface area contributed by atoms with Gasteiger partial charge >= 0.3 is 0 Å². The Bertz CT molecular complexity index is 561. The van der Waals surface area contributed by atoms with Crippen molar-refractivity contribution in [1.29, 1.82) is 0 Å². The lowest BCUT2D eigenvalue weighted by molar-refractivity contribution is 0.136. The summed E-state index contributed by atoms with van der Waals surface area (Å²) in [5.41, 5.74) is 1.27. The Kier molecular flexibility index (Phi) is 12.5. The van der Waals surface area contributed by atoms with Gasteiger partial charge in [0.05, 0.1) is 0 Å². The SMILES string of the molecule is CCN1CCN(CCCCNC(=NC)N(C)Cc2ccccc2Br)CC1.I. The molecule has 0 aliphatic carbocycles. The Balaban J connectivity index is 0.00000364. The van der Waals surface area contributed by atoms with Crippen molar-refractivity contribution < 1.29 is 0 Å². The Labute approximate surface area is 190 Å². The second-order valence-electron chi connectivity index (χ2n) is 6.90. The maximum Gasteiger partial charge on any atom is 0.193 e. The molecule has 1 heterocycles. The van der Waals surface area contributed by atoms with Crippen LogP contribution in [0.3, 0.4) is 0 Å². The molecule has 1 fully saturated rings. The second kappa shape index (κ2) is 13.7. The summed E-state index contributed by atoms with van der Waals surface area (Å²) in [4.78, 5) is 11.7. The van der Waals surface area contributed by atoms with Crippen LogP contribution in [0.25, 0.3) is 0 Å². The first kappa shape index (κ1) is 24.7. The molecule has 0 amide bonds. The first-order valence-electron chi connectivity index (χ1n) is 9.74. The standard InChI is InChI=1S/C20H34BrN5.HI/c1-4-25-13-15-26(16-14-25)12-8-7-11-23-20(22-2)24(3)17-18-9-5-6-10-19(18)21;/h5-6,9-10H,4,7-8,11-17H2,1-3H3,(H,22,23);1H. The van der Waals surface area contributed by atoms with E-state index >= 15 is 0 Å². The van der Waals surface area contributed by atoms with Gasteiger partial charge in [-0.2, -0.15) is 0 Å². The van der Waals surface area contributed by atoms with Gasteiger partial charge in [-0.25, -0.2) is 0 Å². The summed E-state index contributed by atoms with van der Waals surface area (Å²) in [5.74, 6) is 0.956. The van der Waals surface area contributed by atoms with Crippen molar-refractivity contribution in [2.45, 2.75) is 26.3 Å². The molecule has 154 valence electrons. The summed E-state index contributed by atoms with van der Waals surface area (Å²) >= 11 is 3.62. The number of hydrogen-bond acceptors (Lipinski definition) is 3. The maximum absolute atomic E-state index is 4.42. The highest BCUT2D eigenvalue weighted by molar-refractivity contribution is 14.0. The maximum atomic E-state index is 4.42. The number of unbranched alkanes of at least 4 members (excludes halogenated alkanes) is 1. The summed E-state index contributed by atoms with van der Waals surface area (Å²) in [6, 6.07) is 8.35. The molecule has 1 aliphatic heterocycles. The highest BCUT2D eigenvalue weighted by atomic mass is 127. The third-order valence-electron chi connectivity index (χ3n) is 5.04. The van der Waals surface area contributed by atoms with Gasteiger partial charge in [0.2, 0.25) is 0 Å². The minimum atomic E-state index is 0. The number of piperazine rings is 1. The molecule has 0 bridgehead atoms. The van der Waals surface area contributed by atoms with Crippen molar-refractivity contribution in [3.8, 4) is 0 Å². The van der Waals surface area contributed by atoms with Crippen LogP contribution in [-0.4, -0.2) is 80.6 Å². The number of aliphatic imine (C=N–C) groups is 1. The minimum Gasteiger partial charge on any atom is -0.356 e. The van der Waals surface area contributed by atoms with Crippen LogP contribution in [0.5, 0.6) is 0 Å². The summed E-state index contributed by atoms with van der Waals surface area (Å²) in [7, 11) is 3.94.